The minimum absolute atomic E-state index is 0.356. The SMILES string of the molecule is COC(=O)c1cnc(-c2cnn(C)c2C)s1. The van der Waals surface area contributed by atoms with Gasteiger partial charge < -0.3 is 4.74 Å². The third-order valence-electron chi connectivity index (χ3n) is 2.36. The molecule has 2 aromatic heterocycles. The van der Waals surface area contributed by atoms with E-state index < -0.39 is 0 Å². The summed E-state index contributed by atoms with van der Waals surface area (Å²) in [5, 5.41) is 4.92. The van der Waals surface area contributed by atoms with Crippen LogP contribution >= 0.6 is 11.3 Å². The van der Waals surface area contributed by atoms with Crippen LogP contribution in [0.3, 0.4) is 0 Å². The highest BCUT2D eigenvalue weighted by molar-refractivity contribution is 7.16. The first kappa shape index (κ1) is 10.8. The fraction of sp³-hybridized carbons (Fsp3) is 0.300. The number of nitrogens with zero attached hydrogens (tertiary/aromatic N) is 3. The first-order valence-corrected chi connectivity index (χ1v) is 5.48. The van der Waals surface area contributed by atoms with Crippen molar-refractivity contribution in [1.29, 1.82) is 0 Å². The Labute approximate surface area is 96.7 Å². The van der Waals surface area contributed by atoms with Crippen molar-refractivity contribution >= 4 is 17.3 Å². The van der Waals surface area contributed by atoms with Gasteiger partial charge in [-0.1, -0.05) is 0 Å². The van der Waals surface area contributed by atoms with Crippen LogP contribution in [0, 0.1) is 6.92 Å². The van der Waals surface area contributed by atoms with Gasteiger partial charge in [0, 0.05) is 12.7 Å². The van der Waals surface area contributed by atoms with Gasteiger partial charge in [-0.3, -0.25) is 4.68 Å². The fourth-order valence-electron chi connectivity index (χ4n) is 1.30. The van der Waals surface area contributed by atoms with E-state index in [2.05, 4.69) is 14.8 Å². The topological polar surface area (TPSA) is 57.0 Å². The van der Waals surface area contributed by atoms with Gasteiger partial charge in [0.15, 0.2) is 0 Å². The Morgan fingerprint density at radius 2 is 2.25 bits per heavy atom. The van der Waals surface area contributed by atoms with Crippen LogP contribution in [0.2, 0.25) is 0 Å². The normalized spacial score (nSPS) is 10.4. The minimum atomic E-state index is -0.356. The van der Waals surface area contributed by atoms with Crippen LogP contribution in [0.25, 0.3) is 10.6 Å². The van der Waals surface area contributed by atoms with Gasteiger partial charge in [-0.25, -0.2) is 9.78 Å². The highest BCUT2D eigenvalue weighted by atomic mass is 32.1. The van der Waals surface area contributed by atoms with Crippen molar-refractivity contribution in [1.82, 2.24) is 14.8 Å². The van der Waals surface area contributed by atoms with E-state index in [1.165, 1.54) is 24.6 Å². The lowest BCUT2D eigenvalue weighted by atomic mass is 10.3. The molecule has 2 rings (SSSR count). The van der Waals surface area contributed by atoms with E-state index in [1.807, 2.05) is 14.0 Å². The van der Waals surface area contributed by atoms with Crippen LogP contribution in [0.4, 0.5) is 0 Å². The van der Waals surface area contributed by atoms with Gasteiger partial charge in [-0.2, -0.15) is 5.10 Å². The van der Waals surface area contributed by atoms with Crippen molar-refractivity contribution in [3.05, 3.63) is 23.0 Å². The summed E-state index contributed by atoms with van der Waals surface area (Å²) in [5.41, 5.74) is 1.97. The second kappa shape index (κ2) is 4.05. The maximum atomic E-state index is 11.3. The highest BCUT2D eigenvalue weighted by Gasteiger charge is 2.14. The van der Waals surface area contributed by atoms with E-state index in [4.69, 9.17) is 0 Å². The number of carbonyl (C=O) groups is 1. The molecule has 16 heavy (non-hydrogen) atoms. The van der Waals surface area contributed by atoms with Crippen LogP contribution in [0.15, 0.2) is 12.4 Å². The zero-order valence-corrected chi connectivity index (χ0v) is 10.0. The first-order chi connectivity index (χ1) is 7.63. The lowest BCUT2D eigenvalue weighted by Crippen LogP contribution is -1.96. The summed E-state index contributed by atoms with van der Waals surface area (Å²) >= 11 is 1.31. The van der Waals surface area contributed by atoms with Crippen molar-refractivity contribution in [2.75, 3.05) is 7.11 Å². The molecule has 0 spiro atoms. The predicted octanol–water partition coefficient (Wildman–Crippen LogP) is 1.64. The molecule has 6 heteroatoms. The molecule has 0 aliphatic rings. The number of thiazole rings is 1. The van der Waals surface area contributed by atoms with Crippen LogP contribution in [-0.2, 0) is 11.8 Å². The number of esters is 1. The van der Waals surface area contributed by atoms with Gasteiger partial charge in [-0.05, 0) is 6.92 Å². The average molecular weight is 237 g/mol. The van der Waals surface area contributed by atoms with Gasteiger partial charge in [0.05, 0.1) is 25.1 Å². The third kappa shape index (κ3) is 1.71. The van der Waals surface area contributed by atoms with Gasteiger partial charge in [0.2, 0.25) is 0 Å². The van der Waals surface area contributed by atoms with Gasteiger partial charge in [0.25, 0.3) is 0 Å². The molecular formula is C10H11N3O2S. The molecule has 0 radical (unpaired) electrons. The average Bonchev–Trinajstić information content (AvgIpc) is 2.87. The molecule has 2 heterocycles. The van der Waals surface area contributed by atoms with Gasteiger partial charge in [0.1, 0.15) is 9.88 Å². The molecule has 0 unspecified atom stereocenters. The fourth-order valence-corrected chi connectivity index (χ4v) is 2.20. The molecule has 5 nitrogen and oxygen atoms in total. The number of methoxy groups -OCH3 is 1. The quantitative estimate of drug-likeness (QED) is 0.745. The third-order valence-corrected chi connectivity index (χ3v) is 3.37. The highest BCUT2D eigenvalue weighted by Crippen LogP contribution is 2.27. The van der Waals surface area contributed by atoms with Crippen LogP contribution in [0.1, 0.15) is 15.4 Å². The summed E-state index contributed by atoms with van der Waals surface area (Å²) in [5.74, 6) is -0.356. The number of hydrogen-bond acceptors (Lipinski definition) is 5. The van der Waals surface area contributed by atoms with E-state index in [0.29, 0.717) is 4.88 Å². The van der Waals surface area contributed by atoms with E-state index in [0.717, 1.165) is 16.3 Å². The number of hydrogen-bond donors (Lipinski definition) is 0. The van der Waals surface area contributed by atoms with Crippen molar-refractivity contribution in [3.63, 3.8) is 0 Å². The summed E-state index contributed by atoms with van der Waals surface area (Å²) < 4.78 is 6.40. The Bertz CT molecular complexity index is 530. The maximum absolute atomic E-state index is 11.3. The van der Waals surface area contributed by atoms with E-state index in [-0.39, 0.29) is 5.97 Å². The molecule has 0 bridgehead atoms. The molecule has 0 fully saturated rings. The summed E-state index contributed by atoms with van der Waals surface area (Å²) in [6.07, 6.45) is 3.27. The maximum Gasteiger partial charge on any atom is 0.349 e. The van der Waals surface area contributed by atoms with Crippen molar-refractivity contribution in [2.24, 2.45) is 7.05 Å². The Morgan fingerprint density at radius 3 is 2.81 bits per heavy atom. The van der Waals surface area contributed by atoms with Gasteiger partial charge in [-0.15, -0.1) is 11.3 Å². The second-order valence-corrected chi connectivity index (χ2v) is 4.32. The van der Waals surface area contributed by atoms with Crippen LogP contribution in [0.5, 0.6) is 0 Å². The Balaban J connectivity index is 2.39. The lowest BCUT2D eigenvalue weighted by Gasteiger charge is -1.95. The molecular weight excluding hydrogens is 226 g/mol. The molecule has 0 aliphatic heterocycles. The largest absolute Gasteiger partial charge is 0.465 e. The van der Waals surface area contributed by atoms with E-state index in [9.17, 15) is 4.79 Å². The monoisotopic (exact) mass is 237 g/mol. The molecule has 84 valence electrons. The molecule has 0 atom stereocenters. The molecule has 0 N–H and O–H groups in total. The Hall–Kier alpha value is -1.69. The Kier molecular flexibility index (Phi) is 2.74. The minimum Gasteiger partial charge on any atom is -0.465 e. The van der Waals surface area contributed by atoms with Crippen LogP contribution in [-0.4, -0.2) is 27.8 Å². The number of ether oxygens (including phenoxy) is 1. The number of aryl methyl sites for hydroxylation is 1. The summed E-state index contributed by atoms with van der Waals surface area (Å²) in [7, 11) is 3.23. The standard InChI is InChI=1S/C10H11N3O2S/c1-6-7(4-12-13(6)2)9-11-5-8(16-9)10(14)15-3/h4-5H,1-3H3. The number of rotatable bonds is 2. The molecule has 0 amide bonds. The lowest BCUT2D eigenvalue weighted by molar-refractivity contribution is 0.0606. The van der Waals surface area contributed by atoms with Crippen LogP contribution < -0.4 is 0 Å². The van der Waals surface area contributed by atoms with Crippen molar-refractivity contribution in [3.8, 4) is 10.6 Å². The summed E-state index contributed by atoms with van der Waals surface area (Å²) in [6, 6.07) is 0. The predicted molar refractivity (Wildman–Crippen MR) is 60.4 cm³/mol. The summed E-state index contributed by atoms with van der Waals surface area (Å²) in [6.45, 7) is 1.96. The molecule has 0 saturated heterocycles. The number of aromatic nitrogens is 3. The molecule has 0 aliphatic carbocycles. The number of carbonyl (C=O) groups excluding carboxylic acids is 1. The zero-order chi connectivity index (χ0) is 11.7. The molecule has 0 aromatic carbocycles. The van der Waals surface area contributed by atoms with Crippen molar-refractivity contribution in [2.45, 2.75) is 6.92 Å². The van der Waals surface area contributed by atoms with Crippen molar-refractivity contribution < 1.29 is 9.53 Å². The van der Waals surface area contributed by atoms with E-state index in [1.54, 1.807) is 10.9 Å². The van der Waals surface area contributed by atoms with Gasteiger partial charge >= 0.3 is 5.97 Å². The Morgan fingerprint density at radius 1 is 1.50 bits per heavy atom. The molecule has 2 aromatic rings. The zero-order valence-electron chi connectivity index (χ0n) is 9.22. The van der Waals surface area contributed by atoms with E-state index >= 15 is 0 Å². The smallest absolute Gasteiger partial charge is 0.349 e. The molecule has 0 saturated carbocycles. The second-order valence-electron chi connectivity index (χ2n) is 3.29. The summed E-state index contributed by atoms with van der Waals surface area (Å²) in [4.78, 5) is 16.0. The first-order valence-electron chi connectivity index (χ1n) is 4.66.